The Morgan fingerprint density at radius 3 is 2.44 bits per heavy atom. The van der Waals surface area contributed by atoms with Crippen LogP contribution in [0, 0.1) is 0 Å². The molecule has 0 radical (unpaired) electrons. The van der Waals surface area contributed by atoms with Crippen molar-refractivity contribution in [1.29, 1.82) is 0 Å². The summed E-state index contributed by atoms with van der Waals surface area (Å²) in [6, 6.07) is 12.2. The maximum Gasteiger partial charge on any atom is 0.287 e. The Labute approximate surface area is 157 Å². The van der Waals surface area contributed by atoms with Crippen molar-refractivity contribution < 1.29 is 9.21 Å². The van der Waals surface area contributed by atoms with Crippen LogP contribution in [0.5, 0.6) is 0 Å². The van der Waals surface area contributed by atoms with Gasteiger partial charge >= 0.3 is 0 Å². The number of amides is 1. The van der Waals surface area contributed by atoms with Crippen molar-refractivity contribution in [2.45, 2.75) is 18.9 Å². The summed E-state index contributed by atoms with van der Waals surface area (Å²) in [7, 11) is 4.07. The van der Waals surface area contributed by atoms with Crippen LogP contribution in [-0.2, 0) is 0 Å². The molecule has 1 N–H and O–H groups in total. The minimum absolute atomic E-state index is 0.181. The topological polar surface area (TPSA) is 48.7 Å². The van der Waals surface area contributed by atoms with Crippen molar-refractivity contribution in [3.05, 3.63) is 52.4 Å². The molecule has 1 atom stereocenters. The Morgan fingerprint density at radius 2 is 1.88 bits per heavy atom. The van der Waals surface area contributed by atoms with Crippen molar-refractivity contribution in [1.82, 2.24) is 10.2 Å². The highest BCUT2D eigenvalue weighted by Gasteiger charge is 2.24. The first-order chi connectivity index (χ1) is 12.0. The van der Waals surface area contributed by atoms with Crippen LogP contribution in [-0.4, -0.2) is 44.5 Å². The molecule has 0 saturated carbocycles. The number of rotatable bonds is 6. The molecule has 1 amide bonds. The molecule has 0 unspecified atom stereocenters. The largest absolute Gasteiger partial charge is 0.444 e. The lowest BCUT2D eigenvalue weighted by atomic mass is 10.0. The van der Waals surface area contributed by atoms with Crippen LogP contribution in [0.1, 0.15) is 35.0 Å². The Kier molecular flexibility index (Phi) is 5.81. The normalized spacial score (nSPS) is 16.0. The molecule has 2 heterocycles. The molecule has 25 heavy (non-hydrogen) atoms. The number of nitrogens with one attached hydrogen (secondary N) is 1. The van der Waals surface area contributed by atoms with E-state index in [1.165, 1.54) is 24.1 Å². The molecule has 2 aromatic rings. The highest BCUT2D eigenvalue weighted by Crippen LogP contribution is 2.26. The average Bonchev–Trinajstić information content (AvgIpc) is 3.27. The lowest BCUT2D eigenvalue weighted by molar-refractivity contribution is 0.0909. The minimum atomic E-state index is -0.181. The fourth-order valence-corrected chi connectivity index (χ4v) is 3.53. The van der Waals surface area contributed by atoms with Crippen molar-refractivity contribution in [2.75, 3.05) is 38.6 Å². The number of furan rings is 1. The predicted octanol–water partition coefficient (Wildman–Crippen LogP) is 3.68. The lowest BCUT2D eigenvalue weighted by Crippen LogP contribution is -2.36. The quantitative estimate of drug-likeness (QED) is 0.796. The first-order valence-corrected chi connectivity index (χ1v) is 9.39. The number of hydrogen-bond acceptors (Lipinski definition) is 4. The van der Waals surface area contributed by atoms with Gasteiger partial charge in [-0.3, -0.25) is 9.69 Å². The molecule has 1 aliphatic rings. The number of carbonyl (C=O) groups excluding carboxylic acids is 1. The summed E-state index contributed by atoms with van der Waals surface area (Å²) in [5.41, 5.74) is 2.40. The van der Waals surface area contributed by atoms with Gasteiger partial charge in [-0.15, -0.1) is 0 Å². The predicted molar refractivity (Wildman–Crippen MR) is 103 cm³/mol. The van der Waals surface area contributed by atoms with Crippen molar-refractivity contribution in [3.63, 3.8) is 0 Å². The number of hydrogen-bond donors (Lipinski definition) is 1. The molecule has 0 spiro atoms. The van der Waals surface area contributed by atoms with E-state index < -0.39 is 0 Å². The standard InChI is InChI=1S/C19H24BrN3O2/c1-22(2)15-7-5-14(6-8-15)16(23-11-3-4-12-23)13-21-19(24)17-9-10-18(20)25-17/h5-10,16H,3-4,11-13H2,1-2H3,(H,21,24)/t16-/m0/s1. The first kappa shape index (κ1) is 18.0. The van der Waals surface area contributed by atoms with Gasteiger partial charge in [0.1, 0.15) is 0 Å². The molecule has 1 fully saturated rings. The number of benzene rings is 1. The van der Waals surface area contributed by atoms with Gasteiger partial charge in [-0.2, -0.15) is 0 Å². The summed E-state index contributed by atoms with van der Waals surface area (Å²) in [5.74, 6) is 0.148. The van der Waals surface area contributed by atoms with E-state index in [1.54, 1.807) is 12.1 Å². The summed E-state index contributed by atoms with van der Waals surface area (Å²) >= 11 is 3.23. The smallest absolute Gasteiger partial charge is 0.287 e. The fourth-order valence-electron chi connectivity index (χ4n) is 3.22. The van der Waals surface area contributed by atoms with Crippen molar-refractivity contribution >= 4 is 27.5 Å². The van der Waals surface area contributed by atoms with Gasteiger partial charge in [-0.1, -0.05) is 12.1 Å². The van der Waals surface area contributed by atoms with Crippen molar-refractivity contribution in [3.8, 4) is 0 Å². The molecule has 1 aliphatic heterocycles. The highest BCUT2D eigenvalue weighted by atomic mass is 79.9. The van der Waals surface area contributed by atoms with Gasteiger partial charge in [0.05, 0.1) is 6.04 Å². The van der Waals surface area contributed by atoms with Crippen molar-refractivity contribution in [2.24, 2.45) is 0 Å². The summed E-state index contributed by atoms with van der Waals surface area (Å²) in [4.78, 5) is 16.8. The maximum absolute atomic E-state index is 12.3. The number of nitrogens with zero attached hydrogens (tertiary/aromatic N) is 2. The first-order valence-electron chi connectivity index (χ1n) is 8.59. The van der Waals surface area contributed by atoms with E-state index in [1.807, 2.05) is 14.1 Å². The molecule has 3 rings (SSSR count). The summed E-state index contributed by atoms with van der Waals surface area (Å²) in [5, 5.41) is 3.02. The number of carbonyl (C=O) groups is 1. The van der Waals surface area contributed by atoms with Gasteiger partial charge in [-0.25, -0.2) is 0 Å². The zero-order valence-electron chi connectivity index (χ0n) is 14.7. The molecule has 5 nitrogen and oxygen atoms in total. The summed E-state index contributed by atoms with van der Waals surface area (Å²) in [6.45, 7) is 2.71. The molecule has 0 bridgehead atoms. The van der Waals surface area contributed by atoms with E-state index in [4.69, 9.17) is 4.42 Å². The Hall–Kier alpha value is -1.79. The Balaban J connectivity index is 1.72. The molecule has 0 aliphatic carbocycles. The van der Waals surface area contributed by atoms with Crippen LogP contribution in [0.2, 0.25) is 0 Å². The van der Waals surface area contributed by atoms with Crippen LogP contribution in [0.25, 0.3) is 0 Å². The van der Waals surface area contributed by atoms with E-state index in [2.05, 4.69) is 55.3 Å². The number of likely N-dealkylation sites (tertiary alicyclic amines) is 1. The second-order valence-corrected chi connectivity index (χ2v) is 7.34. The number of halogens is 1. The van der Waals surface area contributed by atoms with E-state index in [-0.39, 0.29) is 11.9 Å². The third kappa shape index (κ3) is 4.44. The van der Waals surface area contributed by atoms with Crippen LogP contribution in [0.4, 0.5) is 5.69 Å². The van der Waals surface area contributed by atoms with Gasteiger partial charge < -0.3 is 14.6 Å². The van der Waals surface area contributed by atoms with Crippen LogP contribution < -0.4 is 10.2 Å². The monoisotopic (exact) mass is 405 g/mol. The average molecular weight is 406 g/mol. The lowest BCUT2D eigenvalue weighted by Gasteiger charge is -2.28. The molecule has 1 saturated heterocycles. The zero-order valence-corrected chi connectivity index (χ0v) is 16.3. The van der Waals surface area contributed by atoms with Gasteiger partial charge in [0.2, 0.25) is 0 Å². The number of anilines is 1. The van der Waals surface area contributed by atoms with Crippen LogP contribution in [0.15, 0.2) is 45.5 Å². The van der Waals surface area contributed by atoms with Gasteiger partial charge in [0, 0.05) is 26.3 Å². The second kappa shape index (κ2) is 8.06. The fraction of sp³-hybridized carbons (Fsp3) is 0.421. The third-order valence-electron chi connectivity index (χ3n) is 4.63. The maximum atomic E-state index is 12.3. The summed E-state index contributed by atoms with van der Waals surface area (Å²) in [6.07, 6.45) is 2.43. The van der Waals surface area contributed by atoms with E-state index in [0.717, 1.165) is 13.1 Å². The minimum Gasteiger partial charge on any atom is -0.444 e. The zero-order chi connectivity index (χ0) is 17.8. The molecule has 1 aromatic carbocycles. The molecular weight excluding hydrogens is 382 g/mol. The van der Waals surface area contributed by atoms with Gasteiger partial charge in [0.25, 0.3) is 5.91 Å². The van der Waals surface area contributed by atoms with Crippen LogP contribution in [0.3, 0.4) is 0 Å². The molecule has 1 aromatic heterocycles. The van der Waals surface area contributed by atoms with E-state index >= 15 is 0 Å². The highest BCUT2D eigenvalue weighted by molar-refractivity contribution is 9.10. The Morgan fingerprint density at radius 1 is 1.20 bits per heavy atom. The second-order valence-electron chi connectivity index (χ2n) is 6.56. The van der Waals surface area contributed by atoms with Crippen LogP contribution >= 0.6 is 15.9 Å². The molecule has 6 heteroatoms. The SMILES string of the molecule is CN(C)c1ccc([C@H](CNC(=O)c2ccc(Br)o2)N2CCCC2)cc1. The molecular formula is C19H24BrN3O2. The van der Waals surface area contributed by atoms with E-state index in [0.29, 0.717) is 17.0 Å². The molecule has 134 valence electrons. The van der Waals surface area contributed by atoms with E-state index in [9.17, 15) is 4.79 Å². The summed E-state index contributed by atoms with van der Waals surface area (Å²) < 4.78 is 5.90. The van der Waals surface area contributed by atoms with Gasteiger partial charge in [-0.05, 0) is 71.7 Å². The third-order valence-corrected chi connectivity index (χ3v) is 5.05. The van der Waals surface area contributed by atoms with Gasteiger partial charge in [0.15, 0.2) is 10.4 Å². The Bertz CT molecular complexity index is 706.